The molecule has 1 aromatic heterocycles. The Bertz CT molecular complexity index is 423. The van der Waals surface area contributed by atoms with Crippen molar-refractivity contribution in [3.8, 4) is 6.07 Å². The van der Waals surface area contributed by atoms with Gasteiger partial charge >= 0.3 is 0 Å². The fraction of sp³-hybridized carbons (Fsp3) is 0. The Kier molecular flexibility index (Phi) is 1.10. The van der Waals surface area contributed by atoms with Gasteiger partial charge in [0.15, 0.2) is 0 Å². The van der Waals surface area contributed by atoms with Gasteiger partial charge in [-0.1, -0.05) is 6.07 Å². The molecule has 0 atom stereocenters. The first kappa shape index (κ1) is 5.86. The van der Waals surface area contributed by atoms with Crippen molar-refractivity contribution in [3.05, 3.63) is 23.8 Å². The second-order valence-electron chi connectivity index (χ2n) is 2.11. The van der Waals surface area contributed by atoms with Gasteiger partial charge in [-0.15, -0.1) is 0 Å². The summed E-state index contributed by atoms with van der Waals surface area (Å²) in [4.78, 5) is 0. The molecule has 0 amide bonds. The zero-order valence-electron chi connectivity index (χ0n) is 5.57. The number of aromatic amines is 1. The van der Waals surface area contributed by atoms with Crippen molar-refractivity contribution in [1.29, 1.82) is 5.26 Å². The van der Waals surface area contributed by atoms with Crippen LogP contribution in [-0.2, 0) is 0 Å². The van der Waals surface area contributed by atoms with Gasteiger partial charge in [0.05, 0.1) is 5.56 Å². The molecule has 1 heterocycles. The number of nitrogens with one attached hydrogen (secondary N) is 1. The maximum Gasteiger partial charge on any atom is 0.130 e. The summed E-state index contributed by atoms with van der Waals surface area (Å²) in [6, 6.07) is 7.33. The Balaban J connectivity index is 2.92. The van der Waals surface area contributed by atoms with Crippen molar-refractivity contribution in [1.82, 2.24) is 15.4 Å². The van der Waals surface area contributed by atoms with Crippen molar-refractivity contribution in [3.63, 3.8) is 0 Å². The predicted molar refractivity (Wildman–Crippen MR) is 38.6 cm³/mol. The third-order valence-electron chi connectivity index (χ3n) is 1.47. The van der Waals surface area contributed by atoms with Crippen molar-refractivity contribution in [2.24, 2.45) is 0 Å². The van der Waals surface area contributed by atoms with Crippen molar-refractivity contribution in [2.45, 2.75) is 0 Å². The van der Waals surface area contributed by atoms with Gasteiger partial charge in [-0.3, -0.25) is 0 Å². The van der Waals surface area contributed by atoms with E-state index < -0.39 is 0 Å². The zero-order valence-corrected chi connectivity index (χ0v) is 5.57. The summed E-state index contributed by atoms with van der Waals surface area (Å²) >= 11 is 0. The lowest BCUT2D eigenvalue weighted by Gasteiger charge is -1.85. The quantitative estimate of drug-likeness (QED) is 0.595. The first-order valence-corrected chi connectivity index (χ1v) is 3.11. The first-order valence-electron chi connectivity index (χ1n) is 3.11. The van der Waals surface area contributed by atoms with E-state index in [-0.39, 0.29) is 0 Å². The molecule has 11 heavy (non-hydrogen) atoms. The fourth-order valence-corrected chi connectivity index (χ4v) is 0.958. The Morgan fingerprint density at radius 2 is 2.27 bits per heavy atom. The molecule has 1 N–H and O–H groups in total. The Morgan fingerprint density at radius 3 is 3.09 bits per heavy atom. The highest BCUT2D eigenvalue weighted by molar-refractivity contribution is 5.79. The number of para-hydroxylation sites is 1. The van der Waals surface area contributed by atoms with Crippen LogP contribution < -0.4 is 0 Å². The summed E-state index contributed by atoms with van der Waals surface area (Å²) in [7, 11) is 0. The van der Waals surface area contributed by atoms with Gasteiger partial charge in [-0.2, -0.15) is 20.7 Å². The molecule has 4 heteroatoms. The summed E-state index contributed by atoms with van der Waals surface area (Å²) in [5, 5.41) is 18.8. The highest BCUT2D eigenvalue weighted by Gasteiger charge is 2.01. The van der Waals surface area contributed by atoms with Crippen LogP contribution in [0, 0.1) is 11.3 Å². The SMILES string of the molecule is N#Cc1cccc2n[nH]nc12. The average Bonchev–Trinajstić information content (AvgIpc) is 2.50. The van der Waals surface area contributed by atoms with Crippen molar-refractivity contribution in [2.75, 3.05) is 0 Å². The van der Waals surface area contributed by atoms with Gasteiger partial charge in [0, 0.05) is 0 Å². The maximum atomic E-state index is 8.62. The van der Waals surface area contributed by atoms with Crippen LogP contribution in [0.3, 0.4) is 0 Å². The van der Waals surface area contributed by atoms with Gasteiger partial charge in [0.1, 0.15) is 17.1 Å². The number of nitrogens with zero attached hydrogens (tertiary/aromatic N) is 3. The highest BCUT2D eigenvalue weighted by Crippen LogP contribution is 2.11. The van der Waals surface area contributed by atoms with Crippen LogP contribution in [0.25, 0.3) is 11.0 Å². The van der Waals surface area contributed by atoms with E-state index in [1.807, 2.05) is 6.07 Å². The molecule has 0 spiro atoms. The number of rotatable bonds is 0. The second kappa shape index (κ2) is 2.06. The molecule has 0 fully saturated rings. The molecule has 0 saturated heterocycles. The minimum Gasteiger partial charge on any atom is -0.197 e. The van der Waals surface area contributed by atoms with E-state index in [0.29, 0.717) is 11.1 Å². The molecule has 1 aromatic carbocycles. The molecular formula is C7H4N4. The molecule has 0 aliphatic carbocycles. The van der Waals surface area contributed by atoms with Gasteiger partial charge in [-0.25, -0.2) is 0 Å². The molecule has 0 bridgehead atoms. The molecule has 4 nitrogen and oxygen atoms in total. The summed E-state index contributed by atoms with van der Waals surface area (Å²) in [6.07, 6.45) is 0. The largest absolute Gasteiger partial charge is 0.197 e. The molecule has 0 aliphatic heterocycles. The molecule has 52 valence electrons. The number of hydrogen-bond acceptors (Lipinski definition) is 3. The summed E-state index contributed by atoms with van der Waals surface area (Å²) in [5.74, 6) is 0. The van der Waals surface area contributed by atoms with Gasteiger partial charge in [0.25, 0.3) is 0 Å². The van der Waals surface area contributed by atoms with E-state index in [4.69, 9.17) is 5.26 Å². The Hall–Kier alpha value is -1.89. The van der Waals surface area contributed by atoms with Gasteiger partial charge in [-0.05, 0) is 12.1 Å². The highest BCUT2D eigenvalue weighted by atomic mass is 15.3. The molecule has 0 radical (unpaired) electrons. The summed E-state index contributed by atoms with van der Waals surface area (Å²) in [5.41, 5.74) is 1.91. The predicted octanol–water partition coefficient (Wildman–Crippen LogP) is 0.830. The number of aromatic nitrogens is 3. The summed E-state index contributed by atoms with van der Waals surface area (Å²) in [6.45, 7) is 0. The van der Waals surface area contributed by atoms with Crippen LogP contribution in [0.15, 0.2) is 18.2 Å². The van der Waals surface area contributed by atoms with Gasteiger partial charge < -0.3 is 0 Å². The maximum absolute atomic E-state index is 8.62. The normalized spacial score (nSPS) is 9.73. The Morgan fingerprint density at radius 1 is 1.36 bits per heavy atom. The van der Waals surface area contributed by atoms with E-state index in [9.17, 15) is 0 Å². The van der Waals surface area contributed by atoms with Crippen LogP contribution in [0.2, 0.25) is 0 Å². The summed E-state index contributed by atoms with van der Waals surface area (Å²) < 4.78 is 0. The van der Waals surface area contributed by atoms with E-state index in [1.54, 1.807) is 18.2 Å². The third kappa shape index (κ3) is 0.749. The van der Waals surface area contributed by atoms with Crippen LogP contribution in [0.4, 0.5) is 0 Å². The second-order valence-corrected chi connectivity index (χ2v) is 2.11. The van der Waals surface area contributed by atoms with Crippen molar-refractivity contribution < 1.29 is 0 Å². The molecule has 0 saturated carbocycles. The lowest BCUT2D eigenvalue weighted by atomic mass is 10.2. The zero-order chi connectivity index (χ0) is 7.68. The molecule has 2 rings (SSSR count). The van der Waals surface area contributed by atoms with Crippen LogP contribution >= 0.6 is 0 Å². The van der Waals surface area contributed by atoms with Crippen LogP contribution in [0.1, 0.15) is 5.56 Å². The monoisotopic (exact) mass is 144 g/mol. The number of H-pyrrole nitrogens is 1. The van der Waals surface area contributed by atoms with E-state index in [1.165, 1.54) is 0 Å². The minimum atomic E-state index is 0.552. The van der Waals surface area contributed by atoms with E-state index in [2.05, 4.69) is 15.4 Å². The number of fused-ring (bicyclic) bond motifs is 1. The smallest absolute Gasteiger partial charge is 0.130 e. The van der Waals surface area contributed by atoms with Crippen LogP contribution in [0.5, 0.6) is 0 Å². The Labute approximate surface area is 62.5 Å². The van der Waals surface area contributed by atoms with Crippen molar-refractivity contribution >= 4 is 11.0 Å². The number of benzene rings is 1. The standard InChI is InChI=1S/C7H4N4/c8-4-5-2-1-3-6-7(5)10-11-9-6/h1-3H,(H,9,10,11). The molecule has 2 aromatic rings. The fourth-order valence-electron chi connectivity index (χ4n) is 0.958. The lowest BCUT2D eigenvalue weighted by Crippen LogP contribution is -1.76. The molecular weight excluding hydrogens is 140 g/mol. The number of hydrogen-bond donors (Lipinski definition) is 1. The first-order chi connectivity index (χ1) is 5.42. The number of nitriles is 1. The van der Waals surface area contributed by atoms with Gasteiger partial charge in [0.2, 0.25) is 0 Å². The van der Waals surface area contributed by atoms with Crippen LogP contribution in [-0.4, -0.2) is 15.4 Å². The van der Waals surface area contributed by atoms with E-state index >= 15 is 0 Å². The average molecular weight is 144 g/mol. The minimum absolute atomic E-state index is 0.552. The molecule has 0 aliphatic rings. The third-order valence-corrected chi connectivity index (χ3v) is 1.47. The molecule has 0 unspecified atom stereocenters. The lowest BCUT2D eigenvalue weighted by molar-refractivity contribution is 0.959. The topological polar surface area (TPSA) is 65.4 Å². The van der Waals surface area contributed by atoms with E-state index in [0.717, 1.165) is 5.52 Å².